The Hall–Kier alpha value is -0.680. The molecule has 0 spiro atoms. The predicted octanol–water partition coefficient (Wildman–Crippen LogP) is 0.237. The molecule has 7 heteroatoms. The van der Waals surface area contributed by atoms with E-state index in [0.29, 0.717) is 0 Å². The van der Waals surface area contributed by atoms with E-state index in [2.05, 4.69) is 20.4 Å². The fraction of sp³-hybridized carbons (Fsp3) is 0.571. The molecule has 0 aliphatic carbocycles. The SMILES string of the molecule is C=CC(=O)OCCOP(=O)([O-])OCC. The molecule has 0 radical (unpaired) electrons. The monoisotopic (exact) mass is 223 g/mol. The third-order valence-corrected chi connectivity index (χ3v) is 2.10. The minimum Gasteiger partial charge on any atom is -0.756 e. The largest absolute Gasteiger partial charge is 0.756 e. The van der Waals surface area contributed by atoms with Crippen molar-refractivity contribution in [3.05, 3.63) is 12.7 Å². The fourth-order valence-electron chi connectivity index (χ4n) is 0.546. The van der Waals surface area contributed by atoms with E-state index in [1.807, 2.05) is 0 Å². The lowest BCUT2D eigenvalue weighted by molar-refractivity contribution is -0.225. The number of carbonyl (C=O) groups is 1. The highest BCUT2D eigenvalue weighted by atomic mass is 31.2. The molecule has 82 valence electrons. The summed E-state index contributed by atoms with van der Waals surface area (Å²) in [6.45, 7) is 4.26. The second-order valence-corrected chi connectivity index (χ2v) is 3.48. The van der Waals surface area contributed by atoms with Gasteiger partial charge in [-0.1, -0.05) is 6.58 Å². The Morgan fingerprint density at radius 3 is 2.64 bits per heavy atom. The highest BCUT2D eigenvalue weighted by Gasteiger charge is 2.07. The van der Waals surface area contributed by atoms with Crippen molar-refractivity contribution >= 4 is 13.8 Å². The summed E-state index contributed by atoms with van der Waals surface area (Å²) in [6, 6.07) is 0. The molecule has 0 saturated heterocycles. The Bertz CT molecular complexity index is 238. The minimum absolute atomic E-state index is 0.00717. The van der Waals surface area contributed by atoms with E-state index in [9.17, 15) is 14.3 Å². The van der Waals surface area contributed by atoms with Crippen LogP contribution in [0.2, 0.25) is 0 Å². The second kappa shape index (κ2) is 6.73. The standard InChI is InChI=1S/C7H13O6P/c1-3-7(8)11-5-6-13-14(9,10)12-4-2/h3H,1,4-6H2,2H3,(H,9,10)/p-1. The van der Waals surface area contributed by atoms with Crippen LogP contribution in [0.15, 0.2) is 12.7 Å². The van der Waals surface area contributed by atoms with Crippen LogP contribution in [0.5, 0.6) is 0 Å². The van der Waals surface area contributed by atoms with Crippen molar-refractivity contribution < 1.29 is 28.0 Å². The van der Waals surface area contributed by atoms with Gasteiger partial charge in [-0.2, -0.15) is 0 Å². The number of ether oxygens (including phenoxy) is 1. The maximum absolute atomic E-state index is 10.8. The average molecular weight is 223 g/mol. The van der Waals surface area contributed by atoms with Crippen LogP contribution < -0.4 is 4.89 Å². The number of carbonyl (C=O) groups excluding carboxylic acids is 1. The Morgan fingerprint density at radius 2 is 2.14 bits per heavy atom. The zero-order valence-electron chi connectivity index (χ0n) is 7.80. The normalized spacial score (nSPS) is 14.4. The van der Waals surface area contributed by atoms with Crippen LogP contribution in [0.1, 0.15) is 6.92 Å². The van der Waals surface area contributed by atoms with Gasteiger partial charge in [0.1, 0.15) is 6.61 Å². The first-order chi connectivity index (χ1) is 6.52. The highest BCUT2D eigenvalue weighted by Crippen LogP contribution is 2.37. The third kappa shape index (κ3) is 6.80. The number of phosphoric acid groups is 1. The van der Waals surface area contributed by atoms with Gasteiger partial charge in [-0.15, -0.1) is 0 Å². The van der Waals surface area contributed by atoms with Crippen LogP contribution in [0.3, 0.4) is 0 Å². The number of hydrogen-bond donors (Lipinski definition) is 0. The molecule has 1 unspecified atom stereocenters. The van der Waals surface area contributed by atoms with Gasteiger partial charge in [-0.05, 0) is 6.92 Å². The molecule has 0 rings (SSSR count). The summed E-state index contributed by atoms with van der Waals surface area (Å²) in [6.07, 6.45) is 0.972. The van der Waals surface area contributed by atoms with Gasteiger partial charge < -0.3 is 18.7 Å². The van der Waals surface area contributed by atoms with E-state index in [0.717, 1.165) is 6.08 Å². The lowest BCUT2D eigenvalue weighted by Gasteiger charge is -2.21. The summed E-state index contributed by atoms with van der Waals surface area (Å²) in [5.41, 5.74) is 0. The van der Waals surface area contributed by atoms with E-state index in [4.69, 9.17) is 0 Å². The lowest BCUT2D eigenvalue weighted by atomic mass is 10.6. The van der Waals surface area contributed by atoms with Crippen LogP contribution in [0.25, 0.3) is 0 Å². The van der Waals surface area contributed by atoms with Gasteiger partial charge in [0.05, 0.1) is 13.2 Å². The first-order valence-electron chi connectivity index (χ1n) is 3.91. The smallest absolute Gasteiger partial charge is 0.330 e. The highest BCUT2D eigenvalue weighted by molar-refractivity contribution is 7.45. The second-order valence-electron chi connectivity index (χ2n) is 2.07. The molecular weight excluding hydrogens is 211 g/mol. The van der Waals surface area contributed by atoms with Gasteiger partial charge in [0.25, 0.3) is 7.82 Å². The molecule has 0 bridgehead atoms. The molecule has 0 heterocycles. The summed E-state index contributed by atoms with van der Waals surface area (Å²) in [4.78, 5) is 21.3. The summed E-state index contributed by atoms with van der Waals surface area (Å²) in [5, 5.41) is 0. The molecule has 0 amide bonds. The van der Waals surface area contributed by atoms with Crippen LogP contribution in [-0.4, -0.2) is 25.8 Å². The van der Waals surface area contributed by atoms with Gasteiger partial charge in [0.15, 0.2) is 0 Å². The van der Waals surface area contributed by atoms with E-state index < -0.39 is 13.8 Å². The molecule has 0 aromatic heterocycles. The van der Waals surface area contributed by atoms with Crippen molar-refractivity contribution in [2.75, 3.05) is 19.8 Å². The predicted molar refractivity (Wildman–Crippen MR) is 46.3 cm³/mol. The van der Waals surface area contributed by atoms with Crippen LogP contribution in [0.4, 0.5) is 0 Å². The van der Waals surface area contributed by atoms with Crippen molar-refractivity contribution in [3.8, 4) is 0 Å². The third-order valence-electron chi connectivity index (χ3n) is 1.03. The summed E-state index contributed by atoms with van der Waals surface area (Å²) in [5.74, 6) is -0.634. The first-order valence-corrected chi connectivity index (χ1v) is 5.37. The maximum Gasteiger partial charge on any atom is 0.330 e. The Labute approximate surface area is 82.1 Å². The Morgan fingerprint density at radius 1 is 1.50 bits per heavy atom. The van der Waals surface area contributed by atoms with Gasteiger partial charge in [-0.3, -0.25) is 4.57 Å². The topological polar surface area (TPSA) is 84.9 Å². The zero-order valence-corrected chi connectivity index (χ0v) is 8.70. The molecule has 0 saturated carbocycles. The van der Waals surface area contributed by atoms with Crippen LogP contribution >= 0.6 is 7.82 Å². The molecule has 0 aromatic rings. The number of esters is 1. The summed E-state index contributed by atoms with van der Waals surface area (Å²) >= 11 is 0. The minimum atomic E-state index is -4.23. The molecule has 0 aliphatic heterocycles. The van der Waals surface area contributed by atoms with Crippen molar-refractivity contribution in [2.24, 2.45) is 0 Å². The quantitative estimate of drug-likeness (QED) is 0.266. The van der Waals surface area contributed by atoms with Gasteiger partial charge in [-0.25, -0.2) is 4.79 Å². The van der Waals surface area contributed by atoms with Crippen LogP contribution in [-0.2, 0) is 23.1 Å². The van der Waals surface area contributed by atoms with E-state index in [-0.39, 0.29) is 19.8 Å². The average Bonchev–Trinajstić information content (AvgIpc) is 2.12. The number of rotatable bonds is 7. The fourth-order valence-corrected chi connectivity index (χ4v) is 1.23. The summed E-state index contributed by atoms with van der Waals surface area (Å²) < 4.78 is 23.8. The van der Waals surface area contributed by atoms with E-state index in [1.165, 1.54) is 6.92 Å². The van der Waals surface area contributed by atoms with Crippen molar-refractivity contribution in [2.45, 2.75) is 6.92 Å². The van der Waals surface area contributed by atoms with Crippen molar-refractivity contribution in [3.63, 3.8) is 0 Å². The molecule has 1 atom stereocenters. The first kappa shape index (κ1) is 13.3. The number of phosphoric ester groups is 1. The molecule has 0 aliphatic rings. The Balaban J connectivity index is 3.58. The lowest BCUT2D eigenvalue weighted by Crippen LogP contribution is -2.13. The van der Waals surface area contributed by atoms with E-state index in [1.54, 1.807) is 0 Å². The van der Waals surface area contributed by atoms with Gasteiger partial charge in [0, 0.05) is 6.08 Å². The Kier molecular flexibility index (Phi) is 6.40. The molecule has 0 fully saturated rings. The van der Waals surface area contributed by atoms with Crippen molar-refractivity contribution in [1.29, 1.82) is 0 Å². The molecule has 0 aromatic carbocycles. The molecule has 6 nitrogen and oxygen atoms in total. The summed E-state index contributed by atoms with van der Waals surface area (Å²) in [7, 11) is -4.23. The van der Waals surface area contributed by atoms with Crippen LogP contribution in [0, 0.1) is 0 Å². The zero-order chi connectivity index (χ0) is 11.0. The molecular formula is C7H12O6P-. The number of hydrogen-bond acceptors (Lipinski definition) is 6. The van der Waals surface area contributed by atoms with E-state index >= 15 is 0 Å². The molecule has 0 N–H and O–H groups in total. The molecule has 14 heavy (non-hydrogen) atoms. The van der Waals surface area contributed by atoms with Crippen molar-refractivity contribution in [1.82, 2.24) is 0 Å². The maximum atomic E-state index is 10.8. The van der Waals surface area contributed by atoms with Gasteiger partial charge in [0.2, 0.25) is 0 Å². The van der Waals surface area contributed by atoms with Gasteiger partial charge >= 0.3 is 5.97 Å².